The van der Waals surface area contributed by atoms with Crippen LogP contribution in [0.4, 0.5) is 5.69 Å². The minimum absolute atomic E-state index is 0.447. The Morgan fingerprint density at radius 2 is 2.00 bits per heavy atom. The van der Waals surface area contributed by atoms with Gasteiger partial charge < -0.3 is 4.90 Å². The SMILES string of the molecule is c1cc(N2C3CCC2c2cncnc2C3)ccn1. The monoisotopic (exact) mass is 238 g/mol. The predicted molar refractivity (Wildman–Crippen MR) is 68.2 cm³/mol. The van der Waals surface area contributed by atoms with E-state index in [-0.39, 0.29) is 0 Å². The van der Waals surface area contributed by atoms with Crippen LogP contribution >= 0.6 is 0 Å². The molecule has 2 aliphatic heterocycles. The smallest absolute Gasteiger partial charge is 0.115 e. The zero-order valence-electron chi connectivity index (χ0n) is 10.0. The van der Waals surface area contributed by atoms with Crippen LogP contribution in [0.2, 0.25) is 0 Å². The Balaban J connectivity index is 1.81. The minimum atomic E-state index is 0.447. The lowest BCUT2D eigenvalue weighted by Gasteiger charge is -2.37. The van der Waals surface area contributed by atoms with E-state index in [2.05, 4.69) is 32.0 Å². The highest BCUT2D eigenvalue weighted by Crippen LogP contribution is 2.45. The fraction of sp³-hybridized carbons (Fsp3) is 0.357. The van der Waals surface area contributed by atoms with Crippen LogP contribution in [0.15, 0.2) is 37.1 Å². The van der Waals surface area contributed by atoms with Gasteiger partial charge in [-0.2, -0.15) is 0 Å². The van der Waals surface area contributed by atoms with E-state index >= 15 is 0 Å². The van der Waals surface area contributed by atoms with Crippen molar-refractivity contribution in [1.29, 1.82) is 0 Å². The summed E-state index contributed by atoms with van der Waals surface area (Å²) in [5, 5.41) is 0. The number of nitrogens with zero attached hydrogens (tertiary/aromatic N) is 4. The Kier molecular flexibility index (Phi) is 2.09. The standard InChI is InChI=1S/C14H14N4/c1-2-14-12-8-16-9-17-13(12)7-11(1)18(14)10-3-5-15-6-4-10/h3-6,8-9,11,14H,1-2,7H2. The maximum atomic E-state index is 4.44. The van der Waals surface area contributed by atoms with Crippen molar-refractivity contribution in [1.82, 2.24) is 15.0 Å². The van der Waals surface area contributed by atoms with E-state index in [1.807, 2.05) is 18.6 Å². The van der Waals surface area contributed by atoms with Crippen LogP contribution in [0.5, 0.6) is 0 Å². The van der Waals surface area contributed by atoms with Crippen molar-refractivity contribution in [3.63, 3.8) is 0 Å². The molecule has 1 fully saturated rings. The van der Waals surface area contributed by atoms with Gasteiger partial charge in [-0.25, -0.2) is 9.97 Å². The molecule has 2 atom stereocenters. The Morgan fingerprint density at radius 3 is 2.89 bits per heavy atom. The van der Waals surface area contributed by atoms with Crippen molar-refractivity contribution in [3.8, 4) is 0 Å². The van der Waals surface area contributed by atoms with Crippen molar-refractivity contribution >= 4 is 5.69 Å². The summed E-state index contributed by atoms with van der Waals surface area (Å²) in [5.41, 5.74) is 3.82. The number of pyridine rings is 1. The Morgan fingerprint density at radius 1 is 1.11 bits per heavy atom. The molecule has 2 unspecified atom stereocenters. The minimum Gasteiger partial charge on any atom is -0.361 e. The lowest BCUT2D eigenvalue weighted by atomic mass is 9.99. The highest BCUT2D eigenvalue weighted by atomic mass is 15.2. The molecule has 1 saturated heterocycles. The van der Waals surface area contributed by atoms with E-state index in [1.54, 1.807) is 6.33 Å². The third-order valence-corrected chi connectivity index (χ3v) is 4.08. The summed E-state index contributed by atoms with van der Waals surface area (Å²) in [6.07, 6.45) is 10.9. The van der Waals surface area contributed by atoms with Gasteiger partial charge in [-0.05, 0) is 25.0 Å². The Hall–Kier alpha value is -1.97. The number of hydrogen-bond acceptors (Lipinski definition) is 4. The average Bonchev–Trinajstić information content (AvgIpc) is 2.75. The number of hydrogen-bond donors (Lipinski definition) is 0. The van der Waals surface area contributed by atoms with Crippen molar-refractivity contribution in [2.75, 3.05) is 4.90 Å². The van der Waals surface area contributed by atoms with Crippen LogP contribution in [0, 0.1) is 0 Å². The van der Waals surface area contributed by atoms with Crippen molar-refractivity contribution in [3.05, 3.63) is 48.3 Å². The summed E-state index contributed by atoms with van der Waals surface area (Å²) < 4.78 is 0. The quantitative estimate of drug-likeness (QED) is 0.763. The van der Waals surface area contributed by atoms with Gasteiger partial charge in [0, 0.05) is 42.3 Å². The molecule has 0 radical (unpaired) electrons. The number of aromatic nitrogens is 3. The normalized spacial score (nSPS) is 25.0. The van der Waals surface area contributed by atoms with Crippen LogP contribution in [0.3, 0.4) is 0 Å². The van der Waals surface area contributed by atoms with Crippen LogP contribution in [0.1, 0.15) is 30.1 Å². The maximum Gasteiger partial charge on any atom is 0.115 e. The summed E-state index contributed by atoms with van der Waals surface area (Å²) in [4.78, 5) is 15.3. The van der Waals surface area contributed by atoms with E-state index in [9.17, 15) is 0 Å². The molecular formula is C14H14N4. The second-order valence-electron chi connectivity index (χ2n) is 4.99. The Labute approximate surface area is 106 Å². The van der Waals surface area contributed by atoms with Gasteiger partial charge in [-0.3, -0.25) is 4.98 Å². The molecule has 0 aliphatic carbocycles. The van der Waals surface area contributed by atoms with Crippen LogP contribution < -0.4 is 4.90 Å². The summed E-state index contributed by atoms with van der Waals surface area (Å²) in [6, 6.07) is 5.22. The molecule has 2 bridgehead atoms. The molecule has 0 saturated carbocycles. The molecule has 0 aromatic carbocycles. The van der Waals surface area contributed by atoms with Gasteiger partial charge in [-0.15, -0.1) is 0 Å². The van der Waals surface area contributed by atoms with Crippen LogP contribution in [-0.4, -0.2) is 21.0 Å². The lowest BCUT2D eigenvalue weighted by Crippen LogP contribution is -2.38. The zero-order chi connectivity index (χ0) is 11.9. The molecule has 4 rings (SSSR count). The van der Waals surface area contributed by atoms with E-state index in [0.29, 0.717) is 12.1 Å². The van der Waals surface area contributed by atoms with Gasteiger partial charge in [0.15, 0.2) is 0 Å². The molecule has 0 amide bonds. The summed E-state index contributed by atoms with van der Waals surface area (Å²) in [5.74, 6) is 0. The third kappa shape index (κ3) is 1.35. The van der Waals surface area contributed by atoms with Gasteiger partial charge >= 0.3 is 0 Å². The largest absolute Gasteiger partial charge is 0.361 e. The molecule has 90 valence electrons. The molecule has 18 heavy (non-hydrogen) atoms. The molecule has 4 nitrogen and oxygen atoms in total. The molecule has 4 heterocycles. The first kappa shape index (κ1) is 10.00. The fourth-order valence-corrected chi connectivity index (χ4v) is 3.33. The van der Waals surface area contributed by atoms with Crippen molar-refractivity contribution in [2.24, 2.45) is 0 Å². The van der Waals surface area contributed by atoms with E-state index in [4.69, 9.17) is 0 Å². The number of rotatable bonds is 1. The molecule has 0 N–H and O–H groups in total. The topological polar surface area (TPSA) is 41.9 Å². The van der Waals surface area contributed by atoms with Gasteiger partial charge in [0.2, 0.25) is 0 Å². The average molecular weight is 238 g/mol. The second-order valence-corrected chi connectivity index (χ2v) is 4.99. The molecule has 2 aromatic rings. The number of fused-ring (bicyclic) bond motifs is 4. The van der Waals surface area contributed by atoms with Crippen LogP contribution in [-0.2, 0) is 6.42 Å². The molecule has 4 heteroatoms. The highest BCUT2D eigenvalue weighted by Gasteiger charge is 2.40. The summed E-state index contributed by atoms with van der Waals surface area (Å²) in [6.45, 7) is 0. The zero-order valence-corrected chi connectivity index (χ0v) is 10.0. The first-order valence-corrected chi connectivity index (χ1v) is 6.40. The molecule has 0 spiro atoms. The van der Waals surface area contributed by atoms with Gasteiger partial charge in [-0.1, -0.05) is 0 Å². The second kappa shape index (κ2) is 3.77. The van der Waals surface area contributed by atoms with E-state index < -0.39 is 0 Å². The summed E-state index contributed by atoms with van der Waals surface area (Å²) in [7, 11) is 0. The molecular weight excluding hydrogens is 224 g/mol. The lowest BCUT2D eigenvalue weighted by molar-refractivity contribution is 0.583. The van der Waals surface area contributed by atoms with Crippen LogP contribution in [0.25, 0.3) is 0 Å². The van der Waals surface area contributed by atoms with Crippen molar-refractivity contribution < 1.29 is 0 Å². The fourth-order valence-electron chi connectivity index (χ4n) is 3.33. The van der Waals surface area contributed by atoms with E-state index in [1.165, 1.54) is 29.8 Å². The first-order chi connectivity index (χ1) is 8.93. The molecule has 2 aliphatic rings. The van der Waals surface area contributed by atoms with E-state index in [0.717, 1.165) is 6.42 Å². The first-order valence-electron chi connectivity index (χ1n) is 6.40. The maximum absolute atomic E-state index is 4.44. The predicted octanol–water partition coefficient (Wildman–Crippen LogP) is 2.14. The van der Waals surface area contributed by atoms with Gasteiger partial charge in [0.05, 0.1) is 11.7 Å². The Bertz CT molecular complexity index is 569. The molecule has 2 aromatic heterocycles. The van der Waals surface area contributed by atoms with Gasteiger partial charge in [0.25, 0.3) is 0 Å². The summed E-state index contributed by atoms with van der Waals surface area (Å²) >= 11 is 0. The van der Waals surface area contributed by atoms with Crippen molar-refractivity contribution in [2.45, 2.75) is 31.3 Å². The highest BCUT2D eigenvalue weighted by molar-refractivity contribution is 5.53. The third-order valence-electron chi connectivity index (χ3n) is 4.08. The number of anilines is 1. The van der Waals surface area contributed by atoms with Gasteiger partial charge in [0.1, 0.15) is 6.33 Å².